The van der Waals surface area contributed by atoms with Crippen molar-refractivity contribution in [1.82, 2.24) is 0 Å². The Morgan fingerprint density at radius 3 is 1.43 bits per heavy atom. The Balaban J connectivity index is 2.75. The molecule has 0 N–H and O–H groups in total. The van der Waals surface area contributed by atoms with E-state index in [1.165, 1.54) is 104 Å². The van der Waals surface area contributed by atoms with Crippen LogP contribution in [0.2, 0.25) is 10.6 Å². The highest BCUT2D eigenvalue weighted by atomic mass is 27.2. The maximum Gasteiger partial charge on any atom is 0.546 e. The SMILES string of the molecule is CCCCCCC[CH2][Al]([CH2]CCCCCCC)[O]c1c(C(C)C)cccc1C(C)C. The van der Waals surface area contributed by atoms with Gasteiger partial charge in [-0.15, -0.1) is 0 Å². The predicted octanol–water partition coefficient (Wildman–Crippen LogP) is 10.0. The zero-order valence-electron chi connectivity index (χ0n) is 21.3. The van der Waals surface area contributed by atoms with Crippen LogP contribution in [0.15, 0.2) is 18.2 Å². The summed E-state index contributed by atoms with van der Waals surface area (Å²) in [6, 6.07) is 6.83. The quantitative estimate of drug-likeness (QED) is 0.166. The minimum absolute atomic E-state index is 0.524. The van der Waals surface area contributed by atoms with Gasteiger partial charge in [0.2, 0.25) is 0 Å². The van der Waals surface area contributed by atoms with E-state index in [-0.39, 0.29) is 0 Å². The van der Waals surface area contributed by atoms with Gasteiger partial charge in [-0.2, -0.15) is 0 Å². The molecule has 0 unspecified atom stereocenters. The molecule has 0 heterocycles. The summed E-state index contributed by atoms with van der Waals surface area (Å²) in [6.07, 6.45) is 16.6. The van der Waals surface area contributed by atoms with Crippen LogP contribution in [0.4, 0.5) is 0 Å². The van der Waals surface area contributed by atoms with E-state index >= 15 is 0 Å². The molecule has 0 bridgehead atoms. The van der Waals surface area contributed by atoms with E-state index in [9.17, 15) is 0 Å². The van der Waals surface area contributed by atoms with Crippen LogP contribution in [0.1, 0.15) is 142 Å². The van der Waals surface area contributed by atoms with Crippen LogP contribution in [-0.4, -0.2) is 14.5 Å². The Hall–Kier alpha value is -0.448. The lowest BCUT2D eigenvalue weighted by atomic mass is 9.94. The second-order valence-electron chi connectivity index (χ2n) is 9.93. The van der Waals surface area contributed by atoms with Crippen LogP contribution >= 0.6 is 0 Å². The van der Waals surface area contributed by atoms with Crippen molar-refractivity contribution in [2.75, 3.05) is 0 Å². The van der Waals surface area contributed by atoms with E-state index in [0.29, 0.717) is 11.8 Å². The summed E-state index contributed by atoms with van der Waals surface area (Å²) in [6.45, 7) is 13.8. The molecule has 0 aromatic heterocycles. The van der Waals surface area contributed by atoms with Gasteiger partial charge in [-0.1, -0.05) is 147 Å². The fourth-order valence-electron chi connectivity index (χ4n) is 4.35. The van der Waals surface area contributed by atoms with Crippen molar-refractivity contribution in [2.24, 2.45) is 0 Å². The molecule has 172 valence electrons. The average Bonchev–Trinajstić information content (AvgIpc) is 2.72. The van der Waals surface area contributed by atoms with Crippen LogP contribution < -0.4 is 3.79 Å². The van der Waals surface area contributed by atoms with Gasteiger partial charge < -0.3 is 3.79 Å². The van der Waals surface area contributed by atoms with Gasteiger partial charge in [-0.05, 0) is 23.0 Å². The smallest absolute Gasteiger partial charge is 0.546 e. The zero-order chi connectivity index (χ0) is 22.2. The first kappa shape index (κ1) is 27.6. The number of para-hydroxylation sites is 1. The molecule has 0 atom stereocenters. The van der Waals surface area contributed by atoms with Crippen LogP contribution in [0.25, 0.3) is 0 Å². The molecule has 30 heavy (non-hydrogen) atoms. The molecule has 0 aliphatic rings. The van der Waals surface area contributed by atoms with Crippen molar-refractivity contribution in [3.05, 3.63) is 29.3 Å². The van der Waals surface area contributed by atoms with Crippen molar-refractivity contribution in [2.45, 2.75) is 141 Å². The maximum atomic E-state index is 6.99. The van der Waals surface area contributed by atoms with Crippen LogP contribution in [0.3, 0.4) is 0 Å². The van der Waals surface area contributed by atoms with Crippen LogP contribution in [0.5, 0.6) is 5.75 Å². The summed E-state index contributed by atoms with van der Waals surface area (Å²) >= 11 is -1.22. The molecule has 0 fully saturated rings. The Morgan fingerprint density at radius 1 is 0.633 bits per heavy atom. The molecule has 0 spiro atoms. The Morgan fingerprint density at radius 2 is 1.03 bits per heavy atom. The lowest BCUT2D eigenvalue weighted by Crippen LogP contribution is -2.23. The van der Waals surface area contributed by atoms with Crippen LogP contribution in [-0.2, 0) is 0 Å². The van der Waals surface area contributed by atoms with E-state index < -0.39 is 14.5 Å². The number of rotatable bonds is 18. The summed E-state index contributed by atoms with van der Waals surface area (Å²) < 4.78 is 6.99. The highest BCUT2D eigenvalue weighted by Gasteiger charge is 2.26. The highest BCUT2D eigenvalue weighted by Crippen LogP contribution is 2.35. The third-order valence-corrected chi connectivity index (χ3v) is 9.04. The molecule has 0 radical (unpaired) electrons. The first-order chi connectivity index (χ1) is 14.5. The lowest BCUT2D eigenvalue weighted by Gasteiger charge is -2.24. The fraction of sp³-hybridized carbons (Fsp3) is 0.786. The van der Waals surface area contributed by atoms with Gasteiger partial charge in [0, 0.05) is 0 Å². The molecule has 1 aromatic carbocycles. The van der Waals surface area contributed by atoms with E-state index in [2.05, 4.69) is 59.7 Å². The summed E-state index contributed by atoms with van der Waals surface area (Å²) in [5.74, 6) is 2.31. The standard InChI is InChI=1S/C12H18O.2C8H17.Al/c1-8(2)10-6-5-7-11(9(3)4)12(10)13;2*1-3-5-7-8-6-4-2;/h5-9,13H,1-4H3;2*1,3-8H2,2H3;/q;;;+1/p-1. The highest BCUT2D eigenvalue weighted by molar-refractivity contribution is 6.52. The van der Waals surface area contributed by atoms with Gasteiger partial charge in [-0.3, -0.25) is 0 Å². The first-order valence-corrected chi connectivity index (χ1v) is 15.4. The predicted molar refractivity (Wildman–Crippen MR) is 137 cm³/mol. The van der Waals surface area contributed by atoms with Gasteiger partial charge in [-0.25, -0.2) is 0 Å². The van der Waals surface area contributed by atoms with Crippen molar-refractivity contribution < 1.29 is 3.79 Å². The van der Waals surface area contributed by atoms with Crippen molar-refractivity contribution in [3.63, 3.8) is 0 Å². The third kappa shape index (κ3) is 11.3. The summed E-state index contributed by atoms with van der Waals surface area (Å²) in [7, 11) is 0. The minimum Gasteiger partial charge on any atom is -0.642 e. The Labute approximate surface area is 194 Å². The van der Waals surface area contributed by atoms with E-state index in [1.807, 2.05) is 0 Å². The van der Waals surface area contributed by atoms with E-state index in [0.717, 1.165) is 0 Å². The number of hydrogen-bond acceptors (Lipinski definition) is 1. The fourth-order valence-corrected chi connectivity index (χ4v) is 6.97. The molecule has 0 amide bonds. The number of benzene rings is 1. The topological polar surface area (TPSA) is 9.23 Å². The molecule has 1 aromatic rings. The van der Waals surface area contributed by atoms with Crippen molar-refractivity contribution in [3.8, 4) is 5.75 Å². The van der Waals surface area contributed by atoms with Gasteiger partial charge in [0.15, 0.2) is 0 Å². The van der Waals surface area contributed by atoms with Gasteiger partial charge >= 0.3 is 14.5 Å². The summed E-state index contributed by atoms with van der Waals surface area (Å²) in [5.41, 5.74) is 2.84. The normalized spacial score (nSPS) is 11.5. The Kier molecular flexibility index (Phi) is 15.8. The van der Waals surface area contributed by atoms with E-state index in [1.54, 1.807) is 0 Å². The summed E-state index contributed by atoms with van der Waals surface area (Å²) in [4.78, 5) is 0. The largest absolute Gasteiger partial charge is 0.642 e. The molecule has 0 aliphatic heterocycles. The van der Waals surface area contributed by atoms with Crippen molar-refractivity contribution in [1.29, 1.82) is 0 Å². The number of hydrogen-bond donors (Lipinski definition) is 0. The maximum absolute atomic E-state index is 6.99. The van der Waals surface area contributed by atoms with E-state index in [4.69, 9.17) is 3.79 Å². The lowest BCUT2D eigenvalue weighted by molar-refractivity contribution is 0.520. The summed E-state index contributed by atoms with van der Waals surface area (Å²) in [5, 5.41) is 2.70. The molecule has 1 nitrogen and oxygen atoms in total. The second-order valence-corrected chi connectivity index (χ2v) is 12.6. The molecule has 0 aliphatic carbocycles. The first-order valence-electron chi connectivity index (χ1n) is 13.3. The molecular weight excluding hydrogens is 379 g/mol. The van der Waals surface area contributed by atoms with Gasteiger partial charge in [0.05, 0.1) is 5.75 Å². The van der Waals surface area contributed by atoms with Gasteiger partial charge in [0.1, 0.15) is 0 Å². The number of unbranched alkanes of at least 4 members (excludes halogenated alkanes) is 10. The van der Waals surface area contributed by atoms with Crippen molar-refractivity contribution >= 4 is 14.5 Å². The monoisotopic (exact) mass is 430 g/mol. The molecule has 1 rings (SSSR count). The zero-order valence-corrected chi connectivity index (χ0v) is 22.4. The second kappa shape index (κ2) is 17.1. The minimum atomic E-state index is -1.22. The Bertz CT molecular complexity index is 495. The molecule has 0 saturated carbocycles. The molecular formula is C28H51AlO. The third-order valence-electron chi connectivity index (χ3n) is 6.36. The molecule has 0 saturated heterocycles. The molecule has 2 heteroatoms. The van der Waals surface area contributed by atoms with Gasteiger partial charge in [0.25, 0.3) is 0 Å². The van der Waals surface area contributed by atoms with Crippen LogP contribution in [0, 0.1) is 0 Å². The average molecular weight is 431 g/mol.